The summed E-state index contributed by atoms with van der Waals surface area (Å²) in [7, 11) is 0. The number of hydrogen-bond donors (Lipinski definition) is 1. The number of piperidine rings is 1. The summed E-state index contributed by atoms with van der Waals surface area (Å²) >= 11 is 3.16. The summed E-state index contributed by atoms with van der Waals surface area (Å²) in [5, 5.41) is 14.7. The van der Waals surface area contributed by atoms with Crippen molar-refractivity contribution in [2.75, 3.05) is 23.7 Å². The Hall–Kier alpha value is -1.54. The van der Waals surface area contributed by atoms with Gasteiger partial charge in [-0.1, -0.05) is 17.8 Å². The number of carbonyl (C=O) groups is 1. The first kappa shape index (κ1) is 16.9. The topological polar surface area (TPSA) is 63.1 Å². The minimum absolute atomic E-state index is 0.0447. The fourth-order valence-electron chi connectivity index (χ4n) is 3.11. The molecule has 2 fully saturated rings. The highest BCUT2D eigenvalue weighted by atomic mass is 32.2. The summed E-state index contributed by atoms with van der Waals surface area (Å²) in [6.45, 7) is 2.74. The molecule has 1 saturated carbocycles. The van der Waals surface area contributed by atoms with E-state index in [9.17, 15) is 4.79 Å². The highest BCUT2D eigenvalue weighted by molar-refractivity contribution is 7.99. The van der Waals surface area contributed by atoms with Crippen molar-refractivity contribution in [3.8, 4) is 0 Å². The van der Waals surface area contributed by atoms with Crippen LogP contribution in [0.15, 0.2) is 22.7 Å². The van der Waals surface area contributed by atoms with Gasteiger partial charge in [-0.2, -0.15) is 0 Å². The molecule has 1 N–H and O–H groups in total. The average Bonchev–Trinajstić information content (AvgIpc) is 3.18. The van der Waals surface area contributed by atoms with Gasteiger partial charge in [0.1, 0.15) is 0 Å². The van der Waals surface area contributed by atoms with Gasteiger partial charge in [-0.25, -0.2) is 0 Å². The smallest absolute Gasteiger partial charge is 0.230 e. The molecule has 6 nitrogen and oxygen atoms in total. The van der Waals surface area contributed by atoms with Gasteiger partial charge in [-0.05, 0) is 43.6 Å². The Morgan fingerprint density at radius 3 is 2.84 bits per heavy atom. The Bertz CT molecular complexity index is 705. The predicted molar refractivity (Wildman–Crippen MR) is 101 cm³/mol. The zero-order valence-electron chi connectivity index (χ0n) is 14.2. The standard InChI is InChI=1S/C17H23N5OS2/c23-15(18-11-14-5-4-10-24-14)12-25-17-20-19-16(22(17)13-6-7-13)21-8-2-1-3-9-21/h4-5,10,13H,1-3,6-9,11-12H2,(H,18,23). The van der Waals surface area contributed by atoms with E-state index in [0.717, 1.165) is 24.2 Å². The first-order valence-electron chi connectivity index (χ1n) is 8.93. The molecule has 0 spiro atoms. The van der Waals surface area contributed by atoms with Crippen molar-refractivity contribution in [1.82, 2.24) is 20.1 Å². The molecule has 1 aliphatic carbocycles. The van der Waals surface area contributed by atoms with Gasteiger partial charge in [0.2, 0.25) is 11.9 Å². The maximum Gasteiger partial charge on any atom is 0.230 e. The van der Waals surface area contributed by atoms with Crippen LogP contribution in [0.4, 0.5) is 5.95 Å². The molecular weight excluding hydrogens is 354 g/mol. The molecule has 2 aliphatic rings. The summed E-state index contributed by atoms with van der Waals surface area (Å²) in [4.78, 5) is 15.7. The molecule has 0 unspecified atom stereocenters. The molecular formula is C17H23N5OS2. The second-order valence-corrected chi connectivity index (χ2v) is 8.55. The van der Waals surface area contributed by atoms with Gasteiger partial charge >= 0.3 is 0 Å². The van der Waals surface area contributed by atoms with Gasteiger partial charge < -0.3 is 10.2 Å². The van der Waals surface area contributed by atoms with E-state index in [1.54, 1.807) is 11.3 Å². The van der Waals surface area contributed by atoms with Crippen molar-refractivity contribution in [3.63, 3.8) is 0 Å². The summed E-state index contributed by atoms with van der Waals surface area (Å²) in [6.07, 6.45) is 6.14. The van der Waals surface area contributed by atoms with Gasteiger partial charge in [-0.3, -0.25) is 9.36 Å². The number of thioether (sulfide) groups is 1. The Balaban J connectivity index is 1.37. The molecule has 2 aromatic heterocycles. The van der Waals surface area contributed by atoms with Crippen molar-refractivity contribution in [1.29, 1.82) is 0 Å². The minimum Gasteiger partial charge on any atom is -0.350 e. The predicted octanol–water partition coefficient (Wildman–Crippen LogP) is 3.07. The summed E-state index contributed by atoms with van der Waals surface area (Å²) < 4.78 is 2.27. The number of rotatable bonds is 7. The number of hydrogen-bond acceptors (Lipinski definition) is 6. The molecule has 0 radical (unpaired) electrons. The lowest BCUT2D eigenvalue weighted by Gasteiger charge is -2.27. The molecule has 0 atom stereocenters. The van der Waals surface area contributed by atoms with Crippen molar-refractivity contribution in [2.24, 2.45) is 0 Å². The van der Waals surface area contributed by atoms with Gasteiger partial charge in [0.25, 0.3) is 0 Å². The van der Waals surface area contributed by atoms with Crippen molar-refractivity contribution >= 4 is 35.0 Å². The van der Waals surface area contributed by atoms with E-state index < -0.39 is 0 Å². The van der Waals surface area contributed by atoms with Gasteiger partial charge in [0, 0.05) is 24.0 Å². The van der Waals surface area contributed by atoms with Gasteiger partial charge in [0.15, 0.2) is 5.16 Å². The van der Waals surface area contributed by atoms with Crippen LogP contribution in [0.5, 0.6) is 0 Å². The van der Waals surface area contributed by atoms with E-state index >= 15 is 0 Å². The van der Waals surface area contributed by atoms with E-state index in [4.69, 9.17) is 0 Å². The molecule has 8 heteroatoms. The Labute approximate surface area is 156 Å². The molecule has 1 aliphatic heterocycles. The maximum absolute atomic E-state index is 12.1. The van der Waals surface area contributed by atoms with E-state index in [1.165, 1.54) is 48.7 Å². The number of aromatic nitrogens is 3. The molecule has 1 saturated heterocycles. The molecule has 1 amide bonds. The van der Waals surface area contributed by atoms with E-state index in [2.05, 4.69) is 25.0 Å². The van der Waals surface area contributed by atoms with Crippen LogP contribution in [0.3, 0.4) is 0 Å². The third kappa shape index (κ3) is 4.17. The van der Waals surface area contributed by atoms with Crippen LogP contribution in [-0.4, -0.2) is 39.5 Å². The monoisotopic (exact) mass is 377 g/mol. The highest BCUT2D eigenvalue weighted by Gasteiger charge is 2.32. The average molecular weight is 378 g/mol. The van der Waals surface area contributed by atoms with Crippen LogP contribution in [0.1, 0.15) is 43.0 Å². The lowest BCUT2D eigenvalue weighted by Crippen LogP contribution is -2.32. The lowest BCUT2D eigenvalue weighted by molar-refractivity contribution is -0.118. The normalized spacial score (nSPS) is 17.7. The summed E-state index contributed by atoms with van der Waals surface area (Å²) in [5.41, 5.74) is 0. The number of amides is 1. The molecule has 2 aromatic rings. The van der Waals surface area contributed by atoms with Crippen LogP contribution in [-0.2, 0) is 11.3 Å². The third-order valence-electron chi connectivity index (χ3n) is 4.57. The van der Waals surface area contributed by atoms with Crippen LogP contribution < -0.4 is 10.2 Å². The van der Waals surface area contributed by atoms with Crippen molar-refractivity contribution in [3.05, 3.63) is 22.4 Å². The third-order valence-corrected chi connectivity index (χ3v) is 6.39. The molecule has 0 aromatic carbocycles. The zero-order chi connectivity index (χ0) is 17.1. The maximum atomic E-state index is 12.1. The van der Waals surface area contributed by atoms with Crippen LogP contribution in [0.2, 0.25) is 0 Å². The fourth-order valence-corrected chi connectivity index (χ4v) is 4.58. The van der Waals surface area contributed by atoms with Crippen molar-refractivity contribution in [2.45, 2.75) is 49.8 Å². The van der Waals surface area contributed by atoms with Crippen LogP contribution >= 0.6 is 23.1 Å². The highest BCUT2D eigenvalue weighted by Crippen LogP contribution is 2.41. The van der Waals surface area contributed by atoms with Crippen molar-refractivity contribution < 1.29 is 4.79 Å². The van der Waals surface area contributed by atoms with E-state index in [-0.39, 0.29) is 5.91 Å². The van der Waals surface area contributed by atoms with Crippen LogP contribution in [0, 0.1) is 0 Å². The first-order valence-corrected chi connectivity index (χ1v) is 10.8. The minimum atomic E-state index is 0.0447. The fraction of sp³-hybridized carbons (Fsp3) is 0.588. The molecule has 4 rings (SSSR count). The summed E-state index contributed by atoms with van der Waals surface area (Å²) in [6, 6.07) is 4.55. The first-order chi connectivity index (χ1) is 12.3. The number of carbonyl (C=O) groups excluding carboxylic acids is 1. The quantitative estimate of drug-likeness (QED) is 0.752. The Morgan fingerprint density at radius 1 is 1.28 bits per heavy atom. The Kier molecular flexibility index (Phi) is 5.26. The van der Waals surface area contributed by atoms with Gasteiger partial charge in [-0.15, -0.1) is 21.5 Å². The second-order valence-electron chi connectivity index (χ2n) is 6.58. The summed E-state index contributed by atoms with van der Waals surface area (Å²) in [5.74, 6) is 1.43. The Morgan fingerprint density at radius 2 is 2.12 bits per heavy atom. The SMILES string of the molecule is O=C(CSc1nnc(N2CCCCC2)n1C1CC1)NCc1cccs1. The van der Waals surface area contributed by atoms with Crippen LogP contribution in [0.25, 0.3) is 0 Å². The number of anilines is 1. The lowest BCUT2D eigenvalue weighted by atomic mass is 10.1. The zero-order valence-corrected chi connectivity index (χ0v) is 15.8. The molecule has 0 bridgehead atoms. The second kappa shape index (κ2) is 7.78. The molecule has 3 heterocycles. The number of nitrogens with zero attached hydrogens (tertiary/aromatic N) is 4. The molecule has 134 valence electrons. The van der Waals surface area contributed by atoms with E-state index in [0.29, 0.717) is 18.3 Å². The number of nitrogens with one attached hydrogen (secondary N) is 1. The molecule has 25 heavy (non-hydrogen) atoms. The number of thiophene rings is 1. The largest absolute Gasteiger partial charge is 0.350 e. The van der Waals surface area contributed by atoms with Gasteiger partial charge in [0.05, 0.1) is 12.3 Å². The van der Waals surface area contributed by atoms with E-state index in [1.807, 2.05) is 17.5 Å².